The van der Waals surface area contributed by atoms with Crippen molar-refractivity contribution in [2.45, 2.75) is 0 Å². The number of hydrogen-bond donors (Lipinski definition) is 0. The summed E-state index contributed by atoms with van der Waals surface area (Å²) in [5.41, 5.74) is 13.1. The van der Waals surface area contributed by atoms with Gasteiger partial charge in [0.15, 0.2) is 5.82 Å². The van der Waals surface area contributed by atoms with Crippen LogP contribution in [0.1, 0.15) is 0 Å². The van der Waals surface area contributed by atoms with E-state index in [2.05, 4.69) is 185 Å². The molecule has 0 atom stereocenters. The van der Waals surface area contributed by atoms with Crippen LogP contribution in [0, 0.1) is 0 Å². The van der Waals surface area contributed by atoms with Crippen LogP contribution in [0.15, 0.2) is 200 Å². The fourth-order valence-electron chi connectivity index (χ4n) is 8.79. The van der Waals surface area contributed by atoms with E-state index in [4.69, 9.17) is 15.0 Å². The van der Waals surface area contributed by atoms with E-state index >= 15 is 0 Å². The molecule has 0 aliphatic heterocycles. The molecule has 0 fully saturated rings. The molecule has 4 aromatic heterocycles. The molecule has 12 aromatic rings. The number of thiophene rings is 1. The van der Waals surface area contributed by atoms with Crippen molar-refractivity contribution >= 4 is 64.3 Å². The Morgan fingerprint density at radius 2 is 1.02 bits per heavy atom. The van der Waals surface area contributed by atoms with Crippen LogP contribution in [0.3, 0.4) is 0 Å². The van der Waals surface area contributed by atoms with E-state index in [0.29, 0.717) is 5.82 Å². The number of rotatable bonds is 6. The monoisotopic (exact) mass is 771 g/mol. The van der Waals surface area contributed by atoms with Gasteiger partial charge in [-0.1, -0.05) is 103 Å². The summed E-state index contributed by atoms with van der Waals surface area (Å²) in [6.07, 6.45) is 3.67. The van der Waals surface area contributed by atoms with E-state index < -0.39 is 0 Å². The Balaban J connectivity index is 1.16. The average Bonchev–Trinajstić information content (AvgIpc) is 3.99. The van der Waals surface area contributed by atoms with Gasteiger partial charge in [0.2, 0.25) is 0 Å². The first-order valence-electron chi connectivity index (χ1n) is 19.8. The quantitative estimate of drug-likeness (QED) is 0.169. The molecule has 6 heteroatoms. The van der Waals surface area contributed by atoms with E-state index in [1.54, 1.807) is 0 Å². The standard InChI is InChI=1S/C53H33N5S/c1-4-13-34(14-5-1)37-23-27-45-41(31-37)50-49-42-32-38(35-15-6-2-7-16-35)24-28-47(42)59-48(49)33-43(52-54-29-12-30-55-52)51(50)57(45)40-25-21-36(22-26-40)53-56-44-19-10-11-20-46(44)58(53)39-17-8-3-9-18-39/h1-33H. The van der Waals surface area contributed by atoms with Crippen LogP contribution in [0.4, 0.5) is 0 Å². The summed E-state index contributed by atoms with van der Waals surface area (Å²) in [7, 11) is 0. The van der Waals surface area contributed by atoms with Crippen LogP contribution in [0.25, 0.3) is 109 Å². The van der Waals surface area contributed by atoms with Crippen LogP contribution in [-0.2, 0) is 0 Å². The predicted molar refractivity (Wildman–Crippen MR) is 246 cm³/mol. The van der Waals surface area contributed by atoms with Gasteiger partial charge in [-0.05, 0) is 107 Å². The molecule has 5 nitrogen and oxygen atoms in total. The van der Waals surface area contributed by atoms with Gasteiger partial charge < -0.3 is 4.57 Å². The minimum absolute atomic E-state index is 0.697. The first kappa shape index (κ1) is 33.5. The zero-order valence-electron chi connectivity index (χ0n) is 31.7. The number of imidazole rings is 1. The summed E-state index contributed by atoms with van der Waals surface area (Å²) in [6, 6.07) is 67.0. The zero-order valence-corrected chi connectivity index (χ0v) is 32.5. The van der Waals surface area contributed by atoms with Gasteiger partial charge in [-0.3, -0.25) is 4.57 Å². The minimum atomic E-state index is 0.697. The van der Waals surface area contributed by atoms with E-state index in [0.717, 1.165) is 50.4 Å². The Bertz CT molecular complexity index is 3520. The van der Waals surface area contributed by atoms with Crippen LogP contribution < -0.4 is 0 Å². The van der Waals surface area contributed by atoms with Gasteiger partial charge in [-0.15, -0.1) is 11.3 Å². The highest BCUT2D eigenvalue weighted by molar-refractivity contribution is 7.26. The summed E-state index contributed by atoms with van der Waals surface area (Å²) in [4.78, 5) is 14.9. The lowest BCUT2D eigenvalue weighted by Gasteiger charge is -2.13. The number of nitrogens with zero attached hydrogens (tertiary/aromatic N) is 5. The number of aromatic nitrogens is 5. The minimum Gasteiger partial charge on any atom is -0.308 e. The summed E-state index contributed by atoms with van der Waals surface area (Å²) in [5, 5.41) is 4.88. The number of para-hydroxylation sites is 3. The van der Waals surface area contributed by atoms with Crippen molar-refractivity contribution < 1.29 is 0 Å². The molecule has 0 N–H and O–H groups in total. The van der Waals surface area contributed by atoms with Gasteiger partial charge in [-0.2, -0.15) is 0 Å². The lowest BCUT2D eigenvalue weighted by Crippen LogP contribution is -1.99. The molecule has 12 rings (SSSR count). The molecule has 0 aliphatic carbocycles. The highest BCUT2D eigenvalue weighted by Gasteiger charge is 2.24. The number of fused-ring (bicyclic) bond motifs is 8. The topological polar surface area (TPSA) is 48.5 Å². The van der Waals surface area contributed by atoms with E-state index in [9.17, 15) is 0 Å². The summed E-state index contributed by atoms with van der Waals surface area (Å²) >= 11 is 1.83. The molecule has 8 aromatic carbocycles. The zero-order chi connectivity index (χ0) is 38.9. The molecule has 276 valence electrons. The lowest BCUT2D eigenvalue weighted by molar-refractivity contribution is 1.10. The fraction of sp³-hybridized carbons (Fsp3) is 0. The third-order valence-electron chi connectivity index (χ3n) is 11.4. The van der Waals surface area contributed by atoms with Crippen molar-refractivity contribution in [1.82, 2.24) is 24.1 Å². The fourth-order valence-corrected chi connectivity index (χ4v) is 9.92. The maximum Gasteiger partial charge on any atom is 0.161 e. The molecule has 0 amide bonds. The smallest absolute Gasteiger partial charge is 0.161 e. The molecule has 0 aliphatic rings. The summed E-state index contributed by atoms with van der Waals surface area (Å²) in [6.45, 7) is 0. The molecule has 4 heterocycles. The molecule has 0 bridgehead atoms. The van der Waals surface area contributed by atoms with Crippen molar-refractivity contribution in [1.29, 1.82) is 0 Å². The van der Waals surface area contributed by atoms with Crippen LogP contribution in [0.5, 0.6) is 0 Å². The molecular weight excluding hydrogens is 739 g/mol. The molecule has 0 unspecified atom stereocenters. The Kier molecular flexibility index (Phi) is 7.64. The van der Waals surface area contributed by atoms with E-state index in [1.807, 2.05) is 35.9 Å². The third-order valence-corrected chi connectivity index (χ3v) is 12.6. The highest BCUT2D eigenvalue weighted by atomic mass is 32.1. The first-order chi connectivity index (χ1) is 29.3. The summed E-state index contributed by atoms with van der Waals surface area (Å²) in [5.74, 6) is 1.60. The second-order valence-electron chi connectivity index (χ2n) is 14.8. The maximum atomic E-state index is 5.17. The van der Waals surface area contributed by atoms with Gasteiger partial charge in [-0.25, -0.2) is 15.0 Å². The van der Waals surface area contributed by atoms with Crippen molar-refractivity contribution in [3.63, 3.8) is 0 Å². The van der Waals surface area contributed by atoms with Gasteiger partial charge in [0.05, 0.1) is 22.1 Å². The molecule has 0 spiro atoms. The van der Waals surface area contributed by atoms with E-state index in [-0.39, 0.29) is 0 Å². The second-order valence-corrected chi connectivity index (χ2v) is 15.9. The summed E-state index contributed by atoms with van der Waals surface area (Å²) < 4.78 is 7.12. The van der Waals surface area contributed by atoms with Crippen molar-refractivity contribution in [2.24, 2.45) is 0 Å². The Hall–Kier alpha value is -7.67. The molecule has 0 saturated carbocycles. The van der Waals surface area contributed by atoms with Gasteiger partial charge in [0.25, 0.3) is 0 Å². The molecule has 0 radical (unpaired) electrons. The molecular formula is C53H33N5S. The van der Waals surface area contributed by atoms with Gasteiger partial charge in [0, 0.05) is 65.8 Å². The number of benzene rings is 8. The Labute approximate surface area is 343 Å². The van der Waals surface area contributed by atoms with Crippen molar-refractivity contribution in [3.05, 3.63) is 200 Å². The second kappa shape index (κ2) is 13.5. The average molecular weight is 772 g/mol. The SMILES string of the molecule is c1ccc(-c2ccc3sc4cc(-c5ncccn5)c5c(c6cc(-c7ccccc7)ccc6n5-c5ccc(-c6nc7ccccc7n6-c6ccccc6)cc5)c4c3c2)cc1. The first-order valence-corrected chi connectivity index (χ1v) is 20.6. The lowest BCUT2D eigenvalue weighted by atomic mass is 9.97. The highest BCUT2D eigenvalue weighted by Crippen LogP contribution is 2.48. The molecule has 0 saturated heterocycles. The van der Waals surface area contributed by atoms with Crippen LogP contribution in [0.2, 0.25) is 0 Å². The predicted octanol–water partition coefficient (Wildman–Crippen LogP) is 13.9. The van der Waals surface area contributed by atoms with Gasteiger partial charge in [0.1, 0.15) is 5.82 Å². The largest absolute Gasteiger partial charge is 0.308 e. The Morgan fingerprint density at radius 3 is 1.75 bits per heavy atom. The van der Waals surface area contributed by atoms with Gasteiger partial charge >= 0.3 is 0 Å². The maximum absolute atomic E-state index is 5.17. The van der Waals surface area contributed by atoms with Crippen molar-refractivity contribution in [2.75, 3.05) is 0 Å². The van der Waals surface area contributed by atoms with Crippen LogP contribution in [-0.4, -0.2) is 24.1 Å². The molecule has 59 heavy (non-hydrogen) atoms. The Morgan fingerprint density at radius 1 is 0.407 bits per heavy atom. The third kappa shape index (κ3) is 5.42. The normalized spacial score (nSPS) is 11.7. The van der Waals surface area contributed by atoms with Crippen LogP contribution >= 0.6 is 11.3 Å². The number of hydrogen-bond acceptors (Lipinski definition) is 4. The van der Waals surface area contributed by atoms with Crippen molar-refractivity contribution in [3.8, 4) is 56.4 Å². The van der Waals surface area contributed by atoms with E-state index in [1.165, 1.54) is 53.2 Å².